The summed E-state index contributed by atoms with van der Waals surface area (Å²) >= 11 is 0. The van der Waals surface area contributed by atoms with Gasteiger partial charge in [0.1, 0.15) is 0 Å². The molecule has 0 aliphatic heterocycles. The molecule has 88 valence electrons. The Kier molecular flexibility index (Phi) is 2.74. The van der Waals surface area contributed by atoms with Crippen LogP contribution in [-0.4, -0.2) is 11.7 Å². The molecule has 0 aromatic heterocycles. The Morgan fingerprint density at radius 1 is 1.38 bits per heavy atom. The first-order valence-corrected chi connectivity index (χ1v) is 5.64. The van der Waals surface area contributed by atoms with Gasteiger partial charge < -0.3 is 5.11 Å². The van der Waals surface area contributed by atoms with Crippen molar-refractivity contribution >= 4 is 0 Å². The van der Waals surface area contributed by atoms with Gasteiger partial charge in [0.15, 0.2) is 0 Å². The lowest BCUT2D eigenvalue weighted by Crippen LogP contribution is -2.16. The summed E-state index contributed by atoms with van der Waals surface area (Å²) in [6.07, 6.45) is 1.60. The zero-order chi connectivity index (χ0) is 11.8. The van der Waals surface area contributed by atoms with Gasteiger partial charge in [-0.05, 0) is 24.5 Å². The lowest BCUT2D eigenvalue weighted by Gasteiger charge is -2.18. The van der Waals surface area contributed by atoms with Gasteiger partial charge in [0.2, 0.25) is 0 Å². The Labute approximate surface area is 94.1 Å². The average molecular weight is 226 g/mol. The van der Waals surface area contributed by atoms with Gasteiger partial charge in [0.05, 0.1) is 6.61 Å². The third-order valence-electron chi connectivity index (χ3n) is 3.50. The number of aliphatic hydroxyl groups excluding tert-OH is 1. The van der Waals surface area contributed by atoms with E-state index < -0.39 is 5.92 Å². The normalized spacial score (nSPS) is 18.5. The van der Waals surface area contributed by atoms with E-state index in [1.165, 1.54) is 13.0 Å². The SMILES string of the molecule is CCC(F)(F)c1cccc(C2(CO)CC2)c1. The number of hydrogen-bond donors (Lipinski definition) is 1. The van der Waals surface area contributed by atoms with E-state index in [-0.39, 0.29) is 24.0 Å². The number of benzene rings is 1. The third kappa shape index (κ3) is 1.84. The standard InChI is InChI=1S/C13H16F2O/c1-2-13(14,15)11-5-3-4-10(8-11)12(9-16)6-7-12/h3-5,8,16H,2,6-7,9H2,1H3. The molecular formula is C13H16F2O. The molecule has 0 unspecified atom stereocenters. The number of aliphatic hydroxyl groups is 1. The summed E-state index contributed by atoms with van der Waals surface area (Å²) in [5.41, 5.74) is 0.674. The highest BCUT2D eigenvalue weighted by atomic mass is 19.3. The fraction of sp³-hybridized carbons (Fsp3) is 0.538. The van der Waals surface area contributed by atoms with E-state index >= 15 is 0 Å². The second-order valence-electron chi connectivity index (χ2n) is 4.58. The molecule has 0 amide bonds. The molecule has 2 rings (SSSR count). The number of rotatable bonds is 4. The van der Waals surface area contributed by atoms with Crippen molar-refractivity contribution in [2.45, 2.75) is 37.5 Å². The molecule has 1 aliphatic carbocycles. The molecule has 3 heteroatoms. The van der Waals surface area contributed by atoms with Crippen LogP contribution in [0.4, 0.5) is 8.78 Å². The van der Waals surface area contributed by atoms with Crippen LogP contribution >= 0.6 is 0 Å². The largest absolute Gasteiger partial charge is 0.395 e. The Bertz CT molecular complexity index is 362. The maximum Gasteiger partial charge on any atom is 0.273 e. The van der Waals surface area contributed by atoms with Crippen molar-refractivity contribution in [3.63, 3.8) is 0 Å². The van der Waals surface area contributed by atoms with Crippen LogP contribution in [0, 0.1) is 0 Å². The molecule has 0 saturated heterocycles. The average Bonchev–Trinajstić information content (AvgIpc) is 3.10. The van der Waals surface area contributed by atoms with Gasteiger partial charge in [0.25, 0.3) is 5.92 Å². The molecular weight excluding hydrogens is 210 g/mol. The van der Waals surface area contributed by atoms with Gasteiger partial charge in [-0.2, -0.15) is 0 Å². The maximum atomic E-state index is 13.5. The van der Waals surface area contributed by atoms with Crippen molar-refractivity contribution in [3.8, 4) is 0 Å². The minimum atomic E-state index is -2.76. The molecule has 0 radical (unpaired) electrons. The minimum Gasteiger partial charge on any atom is -0.395 e. The van der Waals surface area contributed by atoms with Crippen LogP contribution in [0.3, 0.4) is 0 Å². The fourth-order valence-corrected chi connectivity index (χ4v) is 1.97. The van der Waals surface area contributed by atoms with Gasteiger partial charge in [-0.15, -0.1) is 0 Å². The van der Waals surface area contributed by atoms with Gasteiger partial charge in [-0.1, -0.05) is 25.1 Å². The first-order valence-electron chi connectivity index (χ1n) is 5.64. The predicted octanol–water partition coefficient (Wildman–Crippen LogP) is 3.21. The van der Waals surface area contributed by atoms with Crippen molar-refractivity contribution in [1.82, 2.24) is 0 Å². The number of halogens is 2. The van der Waals surface area contributed by atoms with E-state index in [4.69, 9.17) is 0 Å². The second kappa shape index (κ2) is 3.81. The van der Waals surface area contributed by atoms with Crippen molar-refractivity contribution in [3.05, 3.63) is 35.4 Å². The Morgan fingerprint density at radius 2 is 2.06 bits per heavy atom. The van der Waals surface area contributed by atoms with Crippen LogP contribution in [0.15, 0.2) is 24.3 Å². The zero-order valence-corrected chi connectivity index (χ0v) is 9.34. The van der Waals surface area contributed by atoms with Crippen LogP contribution in [0.5, 0.6) is 0 Å². The molecule has 1 aromatic carbocycles. The summed E-state index contributed by atoms with van der Waals surface area (Å²) in [6, 6.07) is 6.50. The number of alkyl halides is 2. The predicted molar refractivity (Wildman–Crippen MR) is 58.6 cm³/mol. The van der Waals surface area contributed by atoms with E-state index in [1.54, 1.807) is 12.1 Å². The van der Waals surface area contributed by atoms with Crippen LogP contribution in [0.25, 0.3) is 0 Å². The molecule has 0 bridgehead atoms. The summed E-state index contributed by atoms with van der Waals surface area (Å²) in [5, 5.41) is 9.27. The van der Waals surface area contributed by atoms with Crippen molar-refractivity contribution in [2.24, 2.45) is 0 Å². The maximum absolute atomic E-state index is 13.5. The van der Waals surface area contributed by atoms with E-state index in [1.807, 2.05) is 6.07 Å². The second-order valence-corrected chi connectivity index (χ2v) is 4.58. The number of hydrogen-bond acceptors (Lipinski definition) is 1. The summed E-state index contributed by atoms with van der Waals surface area (Å²) in [7, 11) is 0. The fourth-order valence-electron chi connectivity index (χ4n) is 1.97. The Balaban J connectivity index is 2.34. The monoisotopic (exact) mass is 226 g/mol. The summed E-state index contributed by atoms with van der Waals surface area (Å²) in [5.74, 6) is -2.76. The van der Waals surface area contributed by atoms with E-state index in [9.17, 15) is 13.9 Å². The van der Waals surface area contributed by atoms with Crippen LogP contribution in [0.2, 0.25) is 0 Å². The molecule has 1 aliphatic rings. The van der Waals surface area contributed by atoms with E-state index in [0.717, 1.165) is 18.4 Å². The van der Waals surface area contributed by atoms with Gasteiger partial charge in [-0.25, -0.2) is 8.78 Å². The quantitative estimate of drug-likeness (QED) is 0.835. The first-order chi connectivity index (χ1) is 7.54. The molecule has 1 N–H and O–H groups in total. The van der Waals surface area contributed by atoms with Crippen LogP contribution < -0.4 is 0 Å². The highest BCUT2D eigenvalue weighted by Crippen LogP contribution is 2.48. The molecule has 0 atom stereocenters. The molecule has 16 heavy (non-hydrogen) atoms. The van der Waals surface area contributed by atoms with Gasteiger partial charge >= 0.3 is 0 Å². The van der Waals surface area contributed by atoms with Crippen molar-refractivity contribution < 1.29 is 13.9 Å². The summed E-state index contributed by atoms with van der Waals surface area (Å²) < 4.78 is 27.0. The molecule has 0 spiro atoms. The van der Waals surface area contributed by atoms with E-state index in [0.29, 0.717) is 0 Å². The Hall–Kier alpha value is -0.960. The molecule has 1 saturated carbocycles. The summed E-state index contributed by atoms with van der Waals surface area (Å²) in [6.45, 7) is 1.53. The topological polar surface area (TPSA) is 20.2 Å². The van der Waals surface area contributed by atoms with Crippen LogP contribution in [-0.2, 0) is 11.3 Å². The molecule has 1 aromatic rings. The minimum absolute atomic E-state index is 0.0498. The van der Waals surface area contributed by atoms with E-state index in [2.05, 4.69) is 0 Å². The van der Waals surface area contributed by atoms with Gasteiger partial charge in [-0.3, -0.25) is 0 Å². The van der Waals surface area contributed by atoms with Crippen molar-refractivity contribution in [1.29, 1.82) is 0 Å². The zero-order valence-electron chi connectivity index (χ0n) is 9.34. The van der Waals surface area contributed by atoms with Gasteiger partial charge in [0, 0.05) is 17.4 Å². The first kappa shape index (κ1) is 11.5. The highest BCUT2D eigenvalue weighted by molar-refractivity contribution is 5.36. The molecule has 0 heterocycles. The van der Waals surface area contributed by atoms with Crippen molar-refractivity contribution in [2.75, 3.05) is 6.61 Å². The summed E-state index contributed by atoms with van der Waals surface area (Å²) in [4.78, 5) is 0. The Morgan fingerprint density at radius 3 is 2.56 bits per heavy atom. The lowest BCUT2D eigenvalue weighted by molar-refractivity contribution is -0.00841. The molecule has 1 nitrogen and oxygen atoms in total. The molecule has 1 fully saturated rings. The third-order valence-corrected chi connectivity index (χ3v) is 3.50. The lowest BCUT2D eigenvalue weighted by atomic mass is 9.93. The highest BCUT2D eigenvalue weighted by Gasteiger charge is 2.44. The smallest absolute Gasteiger partial charge is 0.273 e. The van der Waals surface area contributed by atoms with Crippen LogP contribution in [0.1, 0.15) is 37.3 Å².